The van der Waals surface area contributed by atoms with E-state index >= 15 is 0 Å². The lowest BCUT2D eigenvalue weighted by atomic mass is 9.92. The van der Waals surface area contributed by atoms with Gasteiger partial charge in [0.15, 0.2) is 5.76 Å². The van der Waals surface area contributed by atoms with Crippen molar-refractivity contribution < 1.29 is 19.4 Å². The summed E-state index contributed by atoms with van der Waals surface area (Å²) in [6.07, 6.45) is 7.63. The van der Waals surface area contributed by atoms with Gasteiger partial charge in [-0.25, -0.2) is 4.68 Å². The summed E-state index contributed by atoms with van der Waals surface area (Å²) in [6, 6.07) is 9.75. The average Bonchev–Trinajstić information content (AvgIpc) is 3.56. The van der Waals surface area contributed by atoms with Crippen LogP contribution in [0.1, 0.15) is 62.1 Å². The third-order valence-corrected chi connectivity index (χ3v) is 8.16. The number of amides is 1. The maximum absolute atomic E-state index is 13.7. The SMILES string of the molecule is Cc1c(C2C=C(C(=O)NC3CC4CCC3C4)OC(OCCCCO)C2)c(=O)n(-c2ccccc2)n1C. The van der Waals surface area contributed by atoms with Gasteiger partial charge in [-0.05, 0) is 69.1 Å². The van der Waals surface area contributed by atoms with Crippen LogP contribution in [0.5, 0.6) is 0 Å². The van der Waals surface area contributed by atoms with Crippen molar-refractivity contribution in [2.24, 2.45) is 18.9 Å². The van der Waals surface area contributed by atoms with Gasteiger partial charge in [0.05, 0.1) is 12.3 Å². The van der Waals surface area contributed by atoms with Gasteiger partial charge in [0.1, 0.15) is 0 Å². The topological polar surface area (TPSA) is 94.7 Å². The molecule has 1 aromatic heterocycles. The van der Waals surface area contributed by atoms with Crippen LogP contribution in [0.25, 0.3) is 5.69 Å². The van der Waals surface area contributed by atoms with Gasteiger partial charge >= 0.3 is 0 Å². The molecule has 2 saturated carbocycles. The minimum absolute atomic E-state index is 0.101. The van der Waals surface area contributed by atoms with Crippen molar-refractivity contribution in [3.8, 4) is 5.69 Å². The monoisotopic (exact) mass is 495 g/mol. The largest absolute Gasteiger partial charge is 0.459 e. The number of allylic oxidation sites excluding steroid dienone is 1. The fourth-order valence-electron chi connectivity index (χ4n) is 6.23. The Morgan fingerprint density at radius 2 is 1.97 bits per heavy atom. The molecule has 5 unspecified atom stereocenters. The summed E-state index contributed by atoms with van der Waals surface area (Å²) in [5, 5.41) is 12.3. The second kappa shape index (κ2) is 10.6. The highest BCUT2D eigenvalue weighted by atomic mass is 16.7. The van der Waals surface area contributed by atoms with Gasteiger partial charge in [-0.2, -0.15) is 0 Å². The van der Waals surface area contributed by atoms with Gasteiger partial charge in [0.25, 0.3) is 11.5 Å². The van der Waals surface area contributed by atoms with Crippen molar-refractivity contribution in [1.82, 2.24) is 14.7 Å². The second-order valence-electron chi connectivity index (χ2n) is 10.5. The van der Waals surface area contributed by atoms with E-state index in [0.29, 0.717) is 37.4 Å². The first-order chi connectivity index (χ1) is 17.5. The number of hydrogen-bond acceptors (Lipinski definition) is 5. The number of ether oxygens (including phenoxy) is 2. The molecule has 2 aliphatic carbocycles. The van der Waals surface area contributed by atoms with Gasteiger partial charge in [0.2, 0.25) is 6.29 Å². The molecule has 8 nitrogen and oxygen atoms in total. The number of aliphatic hydroxyl groups excluding tert-OH is 1. The Balaban J connectivity index is 1.42. The molecule has 3 aliphatic rings. The highest BCUT2D eigenvalue weighted by Gasteiger charge is 2.41. The lowest BCUT2D eigenvalue weighted by Gasteiger charge is -2.30. The molecule has 36 heavy (non-hydrogen) atoms. The van der Waals surface area contributed by atoms with Gasteiger partial charge < -0.3 is 19.9 Å². The molecule has 2 bridgehead atoms. The predicted octanol–water partition coefficient (Wildman–Crippen LogP) is 3.29. The highest BCUT2D eigenvalue weighted by molar-refractivity contribution is 5.92. The van der Waals surface area contributed by atoms with Crippen LogP contribution in [0.3, 0.4) is 0 Å². The number of hydrogen-bond donors (Lipinski definition) is 2. The molecule has 2 heterocycles. The Labute approximate surface area is 211 Å². The van der Waals surface area contributed by atoms with Gasteiger partial charge in [0, 0.05) is 43.3 Å². The minimum atomic E-state index is -0.636. The van der Waals surface area contributed by atoms with E-state index in [-0.39, 0.29) is 35.8 Å². The van der Waals surface area contributed by atoms with Crippen LogP contribution >= 0.6 is 0 Å². The summed E-state index contributed by atoms with van der Waals surface area (Å²) >= 11 is 0. The van der Waals surface area contributed by atoms with Crippen molar-refractivity contribution in [3.05, 3.63) is 63.8 Å². The molecule has 1 aliphatic heterocycles. The number of rotatable bonds is 9. The lowest BCUT2D eigenvalue weighted by molar-refractivity contribution is -0.147. The number of para-hydroxylation sites is 1. The zero-order chi connectivity index (χ0) is 25.2. The molecule has 1 amide bonds. The molecule has 0 spiro atoms. The van der Waals surface area contributed by atoms with Crippen molar-refractivity contribution in [3.63, 3.8) is 0 Å². The molecule has 2 N–H and O–H groups in total. The summed E-state index contributed by atoms with van der Waals surface area (Å²) in [4.78, 5) is 27.0. The first-order valence-electron chi connectivity index (χ1n) is 13.2. The number of unbranched alkanes of at least 4 members (excludes halogenated alkanes) is 1. The Kier molecular flexibility index (Phi) is 7.34. The summed E-state index contributed by atoms with van der Waals surface area (Å²) in [5.74, 6) is 0.971. The molecule has 194 valence electrons. The zero-order valence-electron chi connectivity index (χ0n) is 21.2. The summed E-state index contributed by atoms with van der Waals surface area (Å²) in [5.41, 5.74) is 2.19. The van der Waals surface area contributed by atoms with Crippen LogP contribution in [-0.4, -0.2) is 45.9 Å². The number of carbonyl (C=O) groups is 1. The number of fused-ring (bicyclic) bond motifs is 2. The number of carbonyl (C=O) groups excluding carboxylic acids is 1. The van der Waals surface area contributed by atoms with Gasteiger partial charge in [-0.15, -0.1) is 0 Å². The normalized spacial score (nSPS) is 27.1. The Bertz CT molecular complexity index is 1170. The van der Waals surface area contributed by atoms with Gasteiger partial charge in [-0.3, -0.25) is 14.3 Å². The second-order valence-corrected chi connectivity index (χ2v) is 10.5. The van der Waals surface area contributed by atoms with E-state index in [1.54, 1.807) is 10.8 Å². The maximum Gasteiger partial charge on any atom is 0.286 e. The van der Waals surface area contributed by atoms with E-state index in [1.165, 1.54) is 19.3 Å². The van der Waals surface area contributed by atoms with Crippen LogP contribution in [0.15, 0.2) is 47.0 Å². The molecule has 1 aromatic carbocycles. The van der Waals surface area contributed by atoms with Crippen molar-refractivity contribution in [1.29, 1.82) is 0 Å². The van der Waals surface area contributed by atoms with E-state index in [0.717, 1.165) is 23.7 Å². The maximum atomic E-state index is 13.7. The van der Waals surface area contributed by atoms with E-state index in [1.807, 2.05) is 49.0 Å². The molecule has 5 rings (SSSR count). The summed E-state index contributed by atoms with van der Waals surface area (Å²) < 4.78 is 15.5. The summed E-state index contributed by atoms with van der Waals surface area (Å²) in [6.45, 7) is 2.46. The van der Waals surface area contributed by atoms with Crippen molar-refractivity contribution in [2.45, 2.75) is 70.1 Å². The van der Waals surface area contributed by atoms with E-state index in [2.05, 4.69) is 5.32 Å². The van der Waals surface area contributed by atoms with Crippen LogP contribution in [0.2, 0.25) is 0 Å². The Hall–Kier alpha value is -2.84. The Morgan fingerprint density at radius 3 is 2.67 bits per heavy atom. The van der Waals surface area contributed by atoms with Crippen LogP contribution in [0, 0.1) is 18.8 Å². The standard InChI is InChI=1S/C28H37N3O5/c1-18-26(28(34)31(30(18)2)22-8-4-3-5-9-22)21-16-24(36-25(17-21)35-13-7-6-12-32)27(33)29-23-15-19-10-11-20(23)14-19/h3-5,8-9,16,19-21,23,25,32H,6-7,10-15,17H2,1-2H3,(H,29,33). The van der Waals surface area contributed by atoms with E-state index < -0.39 is 6.29 Å². The smallest absolute Gasteiger partial charge is 0.286 e. The third kappa shape index (κ3) is 4.89. The quantitative estimate of drug-likeness (QED) is 0.521. The van der Waals surface area contributed by atoms with E-state index in [4.69, 9.17) is 14.6 Å². The average molecular weight is 496 g/mol. The fourth-order valence-corrected chi connectivity index (χ4v) is 6.23. The molecule has 2 fully saturated rings. The van der Waals surface area contributed by atoms with Crippen LogP contribution in [0.4, 0.5) is 0 Å². The molecular formula is C28H37N3O5. The lowest BCUT2D eigenvalue weighted by Crippen LogP contribution is -2.41. The minimum Gasteiger partial charge on any atom is -0.459 e. The fraction of sp³-hybridized carbons (Fsp3) is 0.571. The zero-order valence-corrected chi connectivity index (χ0v) is 21.2. The van der Waals surface area contributed by atoms with Gasteiger partial charge in [-0.1, -0.05) is 24.6 Å². The first kappa shape index (κ1) is 24.8. The van der Waals surface area contributed by atoms with Crippen molar-refractivity contribution >= 4 is 5.91 Å². The number of aliphatic hydroxyl groups is 1. The molecule has 2 aromatic rings. The number of nitrogens with zero attached hydrogens (tertiary/aromatic N) is 2. The number of nitrogens with one attached hydrogen (secondary N) is 1. The van der Waals surface area contributed by atoms with E-state index in [9.17, 15) is 9.59 Å². The summed E-state index contributed by atoms with van der Waals surface area (Å²) in [7, 11) is 1.88. The number of aromatic nitrogens is 2. The molecule has 8 heteroatoms. The Morgan fingerprint density at radius 1 is 1.17 bits per heavy atom. The van der Waals surface area contributed by atoms with Crippen molar-refractivity contribution in [2.75, 3.05) is 13.2 Å². The predicted molar refractivity (Wildman–Crippen MR) is 136 cm³/mol. The van der Waals surface area contributed by atoms with Crippen LogP contribution in [-0.2, 0) is 21.3 Å². The molecular weight excluding hydrogens is 458 g/mol. The third-order valence-electron chi connectivity index (χ3n) is 8.16. The highest BCUT2D eigenvalue weighted by Crippen LogP contribution is 2.44. The van der Waals surface area contributed by atoms with Crippen LogP contribution < -0.4 is 10.9 Å². The molecule has 0 saturated heterocycles. The number of benzene rings is 1. The molecule has 5 atom stereocenters. The first-order valence-corrected chi connectivity index (χ1v) is 13.2. The molecule has 0 radical (unpaired) electrons.